The zero-order valence-electron chi connectivity index (χ0n) is 11.8. The Bertz CT molecular complexity index is 575. The average molecular weight is 273 g/mol. The molecule has 20 heavy (non-hydrogen) atoms. The van der Waals surface area contributed by atoms with E-state index in [4.69, 9.17) is 13.9 Å². The molecule has 0 bridgehead atoms. The first kappa shape index (κ1) is 13.1. The number of nitrogens with one attached hydrogen (secondary N) is 1. The molecule has 1 aromatic carbocycles. The van der Waals surface area contributed by atoms with E-state index in [0.717, 1.165) is 30.3 Å². The molecule has 4 heteroatoms. The van der Waals surface area contributed by atoms with Crippen molar-refractivity contribution in [2.24, 2.45) is 0 Å². The van der Waals surface area contributed by atoms with E-state index in [2.05, 4.69) is 31.3 Å². The zero-order valence-corrected chi connectivity index (χ0v) is 11.8. The number of ether oxygens (including phenoxy) is 2. The minimum atomic E-state index is 0.00751. The van der Waals surface area contributed by atoms with Gasteiger partial charge in [-0.1, -0.05) is 19.9 Å². The molecule has 0 saturated carbocycles. The summed E-state index contributed by atoms with van der Waals surface area (Å²) < 4.78 is 16.1. The molecule has 0 saturated heterocycles. The van der Waals surface area contributed by atoms with Crippen molar-refractivity contribution >= 4 is 0 Å². The van der Waals surface area contributed by atoms with Crippen molar-refractivity contribution < 1.29 is 13.9 Å². The highest BCUT2D eigenvalue weighted by Gasteiger charge is 2.23. The van der Waals surface area contributed by atoms with Crippen LogP contribution in [-0.4, -0.2) is 13.3 Å². The quantitative estimate of drug-likeness (QED) is 0.909. The molecule has 4 nitrogen and oxygen atoms in total. The number of rotatable bonds is 5. The van der Waals surface area contributed by atoms with Gasteiger partial charge in [0.05, 0.1) is 12.8 Å². The maximum absolute atomic E-state index is 5.44. The highest BCUT2D eigenvalue weighted by Crippen LogP contribution is 2.36. The van der Waals surface area contributed by atoms with Gasteiger partial charge in [-0.3, -0.25) is 0 Å². The van der Waals surface area contributed by atoms with Crippen molar-refractivity contribution in [1.29, 1.82) is 0 Å². The minimum absolute atomic E-state index is 0.00751. The molecule has 106 valence electrons. The highest BCUT2D eigenvalue weighted by atomic mass is 16.7. The molecule has 1 aliphatic rings. The lowest BCUT2D eigenvalue weighted by atomic mass is 9.84. The first-order valence-corrected chi connectivity index (χ1v) is 6.78. The van der Waals surface area contributed by atoms with E-state index >= 15 is 0 Å². The van der Waals surface area contributed by atoms with Crippen LogP contribution >= 0.6 is 0 Å². The largest absolute Gasteiger partial charge is 0.468 e. The van der Waals surface area contributed by atoms with Crippen LogP contribution in [0.4, 0.5) is 0 Å². The van der Waals surface area contributed by atoms with Gasteiger partial charge < -0.3 is 19.2 Å². The molecule has 0 radical (unpaired) electrons. The number of hydrogen-bond donors (Lipinski definition) is 1. The predicted octanol–water partition coefficient (Wildman–Crippen LogP) is 3.08. The third kappa shape index (κ3) is 2.65. The summed E-state index contributed by atoms with van der Waals surface area (Å²) in [4.78, 5) is 0. The summed E-state index contributed by atoms with van der Waals surface area (Å²) in [6.45, 7) is 6.32. The summed E-state index contributed by atoms with van der Waals surface area (Å²) in [6.07, 6.45) is 1.69. The van der Waals surface area contributed by atoms with Crippen molar-refractivity contribution in [3.63, 3.8) is 0 Å². The van der Waals surface area contributed by atoms with Gasteiger partial charge in [-0.25, -0.2) is 0 Å². The normalized spacial score (nSPS) is 13.7. The lowest BCUT2D eigenvalue weighted by molar-refractivity contribution is 0.174. The predicted molar refractivity (Wildman–Crippen MR) is 76.0 cm³/mol. The smallest absolute Gasteiger partial charge is 0.231 e. The molecule has 1 N–H and O–H groups in total. The molecule has 0 atom stereocenters. The van der Waals surface area contributed by atoms with Gasteiger partial charge in [0.25, 0.3) is 0 Å². The standard InChI is InChI=1S/C16H19NO3/c1-16(2,10-17-9-13-4-3-7-18-13)12-5-6-14-15(8-12)20-11-19-14/h3-8,17H,9-11H2,1-2H3. The van der Waals surface area contributed by atoms with Gasteiger partial charge in [0.15, 0.2) is 11.5 Å². The number of benzene rings is 1. The van der Waals surface area contributed by atoms with Crippen molar-refractivity contribution in [2.45, 2.75) is 25.8 Å². The molecular weight excluding hydrogens is 254 g/mol. The fourth-order valence-electron chi connectivity index (χ4n) is 2.33. The molecule has 2 heterocycles. The summed E-state index contributed by atoms with van der Waals surface area (Å²) in [5.74, 6) is 2.61. The Balaban J connectivity index is 1.65. The van der Waals surface area contributed by atoms with E-state index in [1.807, 2.05) is 18.2 Å². The highest BCUT2D eigenvalue weighted by molar-refractivity contribution is 5.46. The van der Waals surface area contributed by atoms with Gasteiger partial charge in [-0.05, 0) is 29.8 Å². The molecule has 0 fully saturated rings. The second-order valence-corrected chi connectivity index (χ2v) is 5.63. The Labute approximate surface area is 118 Å². The van der Waals surface area contributed by atoms with Gasteiger partial charge >= 0.3 is 0 Å². The molecule has 0 unspecified atom stereocenters. The summed E-state index contributed by atoms with van der Waals surface area (Å²) in [6, 6.07) is 10.0. The molecule has 0 spiro atoms. The van der Waals surface area contributed by atoms with Crippen LogP contribution in [0.2, 0.25) is 0 Å². The van der Waals surface area contributed by atoms with E-state index in [1.165, 1.54) is 5.56 Å². The van der Waals surface area contributed by atoms with Gasteiger partial charge in [0, 0.05) is 12.0 Å². The van der Waals surface area contributed by atoms with Crippen LogP contribution in [0.1, 0.15) is 25.2 Å². The van der Waals surface area contributed by atoms with E-state index in [1.54, 1.807) is 6.26 Å². The second-order valence-electron chi connectivity index (χ2n) is 5.63. The third-order valence-corrected chi connectivity index (χ3v) is 3.60. The summed E-state index contributed by atoms with van der Waals surface area (Å²) in [5.41, 5.74) is 1.24. The van der Waals surface area contributed by atoms with Crippen LogP contribution in [0, 0.1) is 0 Å². The van der Waals surface area contributed by atoms with Gasteiger partial charge in [-0.2, -0.15) is 0 Å². The van der Waals surface area contributed by atoms with Crippen molar-refractivity contribution in [3.8, 4) is 11.5 Å². The molecule has 3 rings (SSSR count). The molecule has 1 aliphatic heterocycles. The summed E-state index contributed by atoms with van der Waals surface area (Å²) in [7, 11) is 0. The molecule has 2 aromatic rings. The topological polar surface area (TPSA) is 43.6 Å². The third-order valence-electron chi connectivity index (χ3n) is 3.60. The Morgan fingerprint density at radius 2 is 2.00 bits per heavy atom. The second kappa shape index (κ2) is 5.21. The fourth-order valence-corrected chi connectivity index (χ4v) is 2.33. The van der Waals surface area contributed by atoms with Crippen LogP contribution in [0.3, 0.4) is 0 Å². The van der Waals surface area contributed by atoms with Crippen LogP contribution in [0.15, 0.2) is 41.0 Å². The van der Waals surface area contributed by atoms with Crippen LogP contribution in [-0.2, 0) is 12.0 Å². The number of fused-ring (bicyclic) bond motifs is 1. The van der Waals surface area contributed by atoms with E-state index in [0.29, 0.717) is 6.79 Å². The lowest BCUT2D eigenvalue weighted by Gasteiger charge is -2.25. The van der Waals surface area contributed by atoms with Crippen LogP contribution < -0.4 is 14.8 Å². The molecular formula is C16H19NO3. The lowest BCUT2D eigenvalue weighted by Crippen LogP contribution is -2.32. The van der Waals surface area contributed by atoms with Crippen LogP contribution in [0.25, 0.3) is 0 Å². The van der Waals surface area contributed by atoms with E-state index < -0.39 is 0 Å². The van der Waals surface area contributed by atoms with Crippen molar-refractivity contribution in [1.82, 2.24) is 5.32 Å². The number of furan rings is 1. The zero-order chi connectivity index (χ0) is 14.0. The first-order valence-electron chi connectivity index (χ1n) is 6.78. The van der Waals surface area contributed by atoms with Crippen LogP contribution in [0.5, 0.6) is 11.5 Å². The molecule has 0 amide bonds. The van der Waals surface area contributed by atoms with E-state index in [9.17, 15) is 0 Å². The minimum Gasteiger partial charge on any atom is -0.468 e. The Hall–Kier alpha value is -1.94. The van der Waals surface area contributed by atoms with Gasteiger partial charge in [-0.15, -0.1) is 0 Å². The first-order chi connectivity index (χ1) is 9.65. The maximum atomic E-state index is 5.44. The van der Waals surface area contributed by atoms with Gasteiger partial charge in [0.1, 0.15) is 5.76 Å². The van der Waals surface area contributed by atoms with Crippen molar-refractivity contribution in [2.75, 3.05) is 13.3 Å². The average Bonchev–Trinajstić information content (AvgIpc) is 3.08. The van der Waals surface area contributed by atoms with Gasteiger partial charge in [0.2, 0.25) is 6.79 Å². The Kier molecular flexibility index (Phi) is 3.40. The Morgan fingerprint density at radius 1 is 1.15 bits per heavy atom. The monoisotopic (exact) mass is 273 g/mol. The molecule has 1 aromatic heterocycles. The fraction of sp³-hybridized carbons (Fsp3) is 0.375. The number of hydrogen-bond acceptors (Lipinski definition) is 4. The Morgan fingerprint density at radius 3 is 2.80 bits per heavy atom. The van der Waals surface area contributed by atoms with E-state index in [-0.39, 0.29) is 5.41 Å². The maximum Gasteiger partial charge on any atom is 0.231 e. The summed E-state index contributed by atoms with van der Waals surface area (Å²) in [5, 5.41) is 3.43. The van der Waals surface area contributed by atoms with Crippen molar-refractivity contribution in [3.05, 3.63) is 47.9 Å². The SMILES string of the molecule is CC(C)(CNCc1ccco1)c1ccc2c(c1)OCO2. The molecule has 0 aliphatic carbocycles. The summed E-state index contributed by atoms with van der Waals surface area (Å²) >= 11 is 0.